The standard InChI is InChI=1S/C26H28N2O5/c29-23(30)15-28(17-11-12-17)24(31)26(13-5-6-14-26)27-25(32)33-16-22-20-9-3-1-7-18(20)19-8-2-4-10-21(19)22/h1-4,7-10,17,22H,5-6,11-16H2,(H,27,32)(H,29,30). The zero-order valence-corrected chi connectivity index (χ0v) is 18.5. The molecule has 2 amide bonds. The summed E-state index contributed by atoms with van der Waals surface area (Å²) in [7, 11) is 0. The van der Waals surface area contributed by atoms with E-state index in [9.17, 15) is 19.5 Å². The van der Waals surface area contributed by atoms with E-state index in [-0.39, 0.29) is 31.0 Å². The van der Waals surface area contributed by atoms with E-state index >= 15 is 0 Å². The maximum atomic E-state index is 13.4. The molecule has 0 bridgehead atoms. The Kier molecular flexibility index (Phi) is 5.56. The maximum absolute atomic E-state index is 13.4. The summed E-state index contributed by atoms with van der Waals surface area (Å²) < 4.78 is 5.68. The summed E-state index contributed by atoms with van der Waals surface area (Å²) in [5.74, 6) is -1.39. The first-order valence-electron chi connectivity index (χ1n) is 11.6. The number of carbonyl (C=O) groups is 3. The molecule has 2 fully saturated rings. The van der Waals surface area contributed by atoms with E-state index < -0.39 is 17.6 Å². The fraction of sp³-hybridized carbons (Fsp3) is 0.423. The molecule has 5 rings (SSSR count). The van der Waals surface area contributed by atoms with Crippen molar-refractivity contribution < 1.29 is 24.2 Å². The molecule has 7 heteroatoms. The fourth-order valence-electron chi connectivity index (χ4n) is 5.37. The molecule has 2 aromatic rings. The van der Waals surface area contributed by atoms with Gasteiger partial charge >= 0.3 is 12.1 Å². The van der Waals surface area contributed by atoms with Crippen LogP contribution in [0, 0.1) is 0 Å². The number of rotatable bonds is 7. The van der Waals surface area contributed by atoms with Crippen molar-refractivity contribution in [2.45, 2.75) is 56.0 Å². The molecule has 0 heterocycles. The molecule has 172 valence electrons. The third-order valence-electron chi connectivity index (χ3n) is 7.11. The number of nitrogens with zero attached hydrogens (tertiary/aromatic N) is 1. The number of hydrogen-bond acceptors (Lipinski definition) is 4. The SMILES string of the molecule is O=C(O)CN(C(=O)C1(NC(=O)OCC2c3ccccc3-c3ccccc32)CCCC1)C1CC1. The van der Waals surface area contributed by atoms with E-state index in [0.717, 1.165) is 47.9 Å². The predicted octanol–water partition coefficient (Wildman–Crippen LogP) is 3.91. The lowest BCUT2D eigenvalue weighted by molar-refractivity contribution is -0.148. The van der Waals surface area contributed by atoms with Crippen LogP contribution in [-0.2, 0) is 14.3 Å². The molecule has 0 saturated heterocycles. The quantitative estimate of drug-likeness (QED) is 0.670. The van der Waals surface area contributed by atoms with Gasteiger partial charge < -0.3 is 20.1 Å². The van der Waals surface area contributed by atoms with Gasteiger partial charge in [-0.1, -0.05) is 61.4 Å². The first-order valence-corrected chi connectivity index (χ1v) is 11.6. The van der Waals surface area contributed by atoms with E-state index in [0.29, 0.717) is 12.8 Å². The van der Waals surface area contributed by atoms with Gasteiger partial charge in [-0.3, -0.25) is 9.59 Å². The molecule has 0 unspecified atom stereocenters. The lowest BCUT2D eigenvalue weighted by atomic mass is 9.95. The Balaban J connectivity index is 1.30. The van der Waals surface area contributed by atoms with E-state index in [1.54, 1.807) is 0 Å². The van der Waals surface area contributed by atoms with Crippen LogP contribution in [0.1, 0.15) is 55.6 Å². The van der Waals surface area contributed by atoms with Crippen LogP contribution in [0.4, 0.5) is 4.79 Å². The zero-order valence-electron chi connectivity index (χ0n) is 18.5. The van der Waals surface area contributed by atoms with Gasteiger partial charge in [-0.2, -0.15) is 0 Å². The summed E-state index contributed by atoms with van der Waals surface area (Å²) in [5.41, 5.74) is 3.47. The molecule has 0 atom stereocenters. The van der Waals surface area contributed by atoms with Gasteiger partial charge in [-0.05, 0) is 47.9 Å². The Hall–Kier alpha value is -3.35. The molecule has 0 radical (unpaired) electrons. The van der Waals surface area contributed by atoms with Gasteiger partial charge in [0.2, 0.25) is 5.91 Å². The average molecular weight is 449 g/mol. The van der Waals surface area contributed by atoms with Gasteiger partial charge in [0.05, 0.1) is 0 Å². The minimum Gasteiger partial charge on any atom is -0.480 e. The predicted molar refractivity (Wildman–Crippen MR) is 122 cm³/mol. The summed E-state index contributed by atoms with van der Waals surface area (Å²) in [6.45, 7) is -0.163. The topological polar surface area (TPSA) is 95.9 Å². The minimum absolute atomic E-state index is 0.0459. The fourth-order valence-corrected chi connectivity index (χ4v) is 5.37. The highest BCUT2D eigenvalue weighted by Gasteiger charge is 2.48. The number of fused-ring (bicyclic) bond motifs is 3. The van der Waals surface area contributed by atoms with E-state index in [2.05, 4.69) is 29.6 Å². The lowest BCUT2D eigenvalue weighted by Gasteiger charge is -2.34. The molecule has 33 heavy (non-hydrogen) atoms. The highest BCUT2D eigenvalue weighted by atomic mass is 16.5. The van der Waals surface area contributed by atoms with Crippen molar-refractivity contribution in [3.05, 3.63) is 59.7 Å². The molecule has 0 aromatic heterocycles. The van der Waals surface area contributed by atoms with Crippen molar-refractivity contribution in [2.24, 2.45) is 0 Å². The number of aliphatic carboxylic acids is 1. The molecule has 2 N–H and O–H groups in total. The summed E-state index contributed by atoms with van der Waals surface area (Å²) in [6.07, 6.45) is 3.60. The molecule has 0 spiro atoms. The first kappa shape index (κ1) is 21.5. The molecule has 3 aliphatic carbocycles. The van der Waals surface area contributed by atoms with Crippen LogP contribution in [0.15, 0.2) is 48.5 Å². The van der Waals surface area contributed by atoms with Gasteiger partial charge in [0.1, 0.15) is 18.7 Å². The normalized spacial score (nSPS) is 18.3. The number of carboxylic acid groups (broad SMARTS) is 1. The number of alkyl carbamates (subject to hydrolysis) is 1. The summed E-state index contributed by atoms with van der Waals surface area (Å²) in [5, 5.41) is 12.1. The van der Waals surface area contributed by atoms with Gasteiger partial charge in [-0.25, -0.2) is 4.79 Å². The Morgan fingerprint density at radius 2 is 1.55 bits per heavy atom. The smallest absolute Gasteiger partial charge is 0.408 e. The summed E-state index contributed by atoms with van der Waals surface area (Å²) in [6, 6.07) is 16.2. The number of amides is 2. The largest absolute Gasteiger partial charge is 0.480 e. The number of ether oxygens (including phenoxy) is 1. The van der Waals surface area contributed by atoms with Gasteiger partial charge in [-0.15, -0.1) is 0 Å². The van der Waals surface area contributed by atoms with Crippen LogP contribution in [0.25, 0.3) is 11.1 Å². The number of carbonyl (C=O) groups excluding carboxylic acids is 2. The van der Waals surface area contributed by atoms with Gasteiger partial charge in [0.25, 0.3) is 0 Å². The maximum Gasteiger partial charge on any atom is 0.408 e. The number of nitrogens with one attached hydrogen (secondary N) is 1. The Labute approximate surface area is 192 Å². The highest BCUT2D eigenvalue weighted by Crippen LogP contribution is 2.44. The Morgan fingerprint density at radius 3 is 2.09 bits per heavy atom. The minimum atomic E-state index is -1.08. The molecule has 0 aliphatic heterocycles. The third-order valence-corrected chi connectivity index (χ3v) is 7.11. The van der Waals surface area contributed by atoms with Crippen LogP contribution in [0.2, 0.25) is 0 Å². The van der Waals surface area contributed by atoms with Crippen LogP contribution < -0.4 is 5.32 Å². The van der Waals surface area contributed by atoms with Gasteiger partial charge in [0.15, 0.2) is 0 Å². The van der Waals surface area contributed by atoms with Crippen LogP contribution in [-0.4, -0.2) is 52.7 Å². The number of benzene rings is 2. The summed E-state index contributed by atoms with van der Waals surface area (Å²) in [4.78, 5) is 39.1. The van der Waals surface area contributed by atoms with Crippen molar-refractivity contribution >= 4 is 18.0 Å². The van der Waals surface area contributed by atoms with Crippen molar-refractivity contribution in [3.8, 4) is 11.1 Å². The second kappa shape index (κ2) is 8.54. The van der Waals surface area contributed by atoms with Crippen molar-refractivity contribution in [2.75, 3.05) is 13.2 Å². The van der Waals surface area contributed by atoms with E-state index in [1.165, 1.54) is 4.90 Å². The molecule has 7 nitrogen and oxygen atoms in total. The monoisotopic (exact) mass is 448 g/mol. The van der Waals surface area contributed by atoms with Crippen LogP contribution >= 0.6 is 0 Å². The van der Waals surface area contributed by atoms with Gasteiger partial charge in [0, 0.05) is 12.0 Å². The summed E-state index contributed by atoms with van der Waals surface area (Å²) >= 11 is 0. The van der Waals surface area contributed by atoms with Crippen molar-refractivity contribution in [1.82, 2.24) is 10.2 Å². The average Bonchev–Trinajstić information content (AvgIpc) is 3.46. The number of carboxylic acids is 1. The molecule has 2 saturated carbocycles. The molecular weight excluding hydrogens is 420 g/mol. The lowest BCUT2D eigenvalue weighted by Crippen LogP contribution is -2.59. The van der Waals surface area contributed by atoms with Crippen LogP contribution in [0.3, 0.4) is 0 Å². The first-order chi connectivity index (χ1) is 16.0. The third kappa shape index (κ3) is 4.08. The van der Waals surface area contributed by atoms with Crippen molar-refractivity contribution in [1.29, 1.82) is 0 Å². The zero-order chi connectivity index (χ0) is 23.0. The molecular formula is C26H28N2O5. The van der Waals surface area contributed by atoms with Crippen molar-refractivity contribution in [3.63, 3.8) is 0 Å². The number of hydrogen-bond donors (Lipinski definition) is 2. The molecule has 3 aliphatic rings. The Morgan fingerprint density at radius 1 is 0.970 bits per heavy atom. The van der Waals surface area contributed by atoms with Crippen LogP contribution in [0.5, 0.6) is 0 Å². The second-order valence-corrected chi connectivity index (χ2v) is 9.30. The van der Waals surface area contributed by atoms with E-state index in [4.69, 9.17) is 4.74 Å². The molecule has 2 aromatic carbocycles. The Bertz CT molecular complexity index is 1040. The highest BCUT2D eigenvalue weighted by molar-refractivity contribution is 5.92. The second-order valence-electron chi connectivity index (χ2n) is 9.30. The van der Waals surface area contributed by atoms with E-state index in [1.807, 2.05) is 24.3 Å².